The molecule has 3 heterocycles. The molecule has 26 heavy (non-hydrogen) atoms. The van der Waals surface area contributed by atoms with E-state index in [0.29, 0.717) is 23.1 Å². The van der Waals surface area contributed by atoms with Crippen molar-refractivity contribution < 1.29 is 9.53 Å². The Balaban J connectivity index is 2.04. The molecule has 0 saturated carbocycles. The predicted octanol–water partition coefficient (Wildman–Crippen LogP) is 3.72. The summed E-state index contributed by atoms with van der Waals surface area (Å²) in [6.45, 7) is 0.702. The van der Waals surface area contributed by atoms with Gasteiger partial charge in [-0.1, -0.05) is 17.7 Å². The van der Waals surface area contributed by atoms with Crippen LogP contribution in [0.15, 0.2) is 18.2 Å². The van der Waals surface area contributed by atoms with Gasteiger partial charge in [0.05, 0.1) is 10.9 Å². The van der Waals surface area contributed by atoms with Gasteiger partial charge in [0.2, 0.25) is 0 Å². The van der Waals surface area contributed by atoms with Crippen molar-refractivity contribution in [1.29, 1.82) is 0 Å². The minimum atomic E-state index is -0.163. The van der Waals surface area contributed by atoms with Crippen LogP contribution in [0.2, 0.25) is 5.02 Å². The van der Waals surface area contributed by atoms with Crippen molar-refractivity contribution in [2.45, 2.75) is 25.4 Å². The number of carbonyl (C=O) groups excluding carboxylic acids is 1. The summed E-state index contributed by atoms with van der Waals surface area (Å²) < 4.78 is 7.83. The first-order valence-electron chi connectivity index (χ1n) is 8.76. The Kier molecular flexibility index (Phi) is 4.32. The van der Waals surface area contributed by atoms with Crippen molar-refractivity contribution in [1.82, 2.24) is 19.4 Å². The fraction of sp³-hybridized carbons (Fsp3) is 0.421. The van der Waals surface area contributed by atoms with Crippen LogP contribution in [0.5, 0.6) is 0 Å². The van der Waals surface area contributed by atoms with Gasteiger partial charge in [0.15, 0.2) is 5.82 Å². The monoisotopic (exact) mass is 372 g/mol. The van der Waals surface area contributed by atoms with Crippen molar-refractivity contribution in [3.63, 3.8) is 0 Å². The van der Waals surface area contributed by atoms with Gasteiger partial charge in [-0.3, -0.25) is 4.79 Å². The molecule has 136 valence electrons. The van der Waals surface area contributed by atoms with E-state index in [4.69, 9.17) is 21.3 Å². The van der Waals surface area contributed by atoms with E-state index in [2.05, 4.69) is 4.98 Å². The highest BCUT2D eigenvalue weighted by Crippen LogP contribution is 2.34. The van der Waals surface area contributed by atoms with Crippen LogP contribution < -0.4 is 0 Å². The van der Waals surface area contributed by atoms with Crippen LogP contribution in [0, 0.1) is 0 Å². The molecule has 2 aromatic heterocycles. The van der Waals surface area contributed by atoms with Gasteiger partial charge in [-0.25, -0.2) is 9.97 Å². The number of rotatable bonds is 2. The molecule has 0 spiro atoms. The average molecular weight is 373 g/mol. The number of hydrogen-bond acceptors (Lipinski definition) is 4. The maximum Gasteiger partial charge on any atom is 0.272 e. The van der Waals surface area contributed by atoms with E-state index in [1.54, 1.807) is 19.0 Å². The van der Waals surface area contributed by atoms with Gasteiger partial charge < -0.3 is 14.2 Å². The Morgan fingerprint density at radius 2 is 2.12 bits per heavy atom. The van der Waals surface area contributed by atoms with Gasteiger partial charge in [0.25, 0.3) is 5.91 Å². The van der Waals surface area contributed by atoms with Gasteiger partial charge in [-0.2, -0.15) is 0 Å². The summed E-state index contributed by atoms with van der Waals surface area (Å²) in [6.07, 6.45) is 2.84. The molecule has 1 aliphatic rings. The maximum absolute atomic E-state index is 12.9. The average Bonchev–Trinajstić information content (AvgIpc) is 2.93. The minimum absolute atomic E-state index is 0.142. The first-order chi connectivity index (χ1) is 12.5. The van der Waals surface area contributed by atoms with Crippen LogP contribution in [-0.2, 0) is 11.8 Å². The molecule has 1 unspecified atom stereocenters. The van der Waals surface area contributed by atoms with Crippen molar-refractivity contribution in [2.75, 3.05) is 20.7 Å². The van der Waals surface area contributed by atoms with Crippen molar-refractivity contribution in [2.24, 2.45) is 7.05 Å². The zero-order valence-electron chi connectivity index (χ0n) is 15.1. The van der Waals surface area contributed by atoms with Crippen LogP contribution in [0.25, 0.3) is 21.9 Å². The third kappa shape index (κ3) is 2.73. The molecule has 1 atom stereocenters. The minimum Gasteiger partial charge on any atom is -0.370 e. The van der Waals surface area contributed by atoms with Gasteiger partial charge in [-0.15, -0.1) is 0 Å². The molecule has 7 heteroatoms. The highest BCUT2D eigenvalue weighted by atomic mass is 35.5. The van der Waals surface area contributed by atoms with Crippen LogP contribution in [0.3, 0.4) is 0 Å². The summed E-state index contributed by atoms with van der Waals surface area (Å²) >= 11 is 6.18. The van der Waals surface area contributed by atoms with E-state index < -0.39 is 0 Å². The Labute approximate surface area is 156 Å². The zero-order valence-corrected chi connectivity index (χ0v) is 15.9. The lowest BCUT2D eigenvalue weighted by Gasteiger charge is -2.22. The fourth-order valence-electron chi connectivity index (χ4n) is 3.52. The smallest absolute Gasteiger partial charge is 0.272 e. The molecular formula is C19H21ClN4O2. The summed E-state index contributed by atoms with van der Waals surface area (Å²) in [4.78, 5) is 23.9. The Hall–Kier alpha value is -2.18. The van der Waals surface area contributed by atoms with E-state index in [9.17, 15) is 4.79 Å². The number of ether oxygens (including phenoxy) is 1. The Morgan fingerprint density at radius 1 is 1.31 bits per heavy atom. The summed E-state index contributed by atoms with van der Waals surface area (Å²) in [5, 5.41) is 2.33. The highest BCUT2D eigenvalue weighted by Gasteiger charge is 2.26. The van der Waals surface area contributed by atoms with E-state index in [0.717, 1.165) is 41.2 Å². The molecule has 0 aliphatic carbocycles. The van der Waals surface area contributed by atoms with Crippen molar-refractivity contribution in [3.8, 4) is 0 Å². The molecule has 4 rings (SSSR count). The number of aryl methyl sites for hydroxylation is 1. The van der Waals surface area contributed by atoms with Gasteiger partial charge in [0, 0.05) is 38.2 Å². The van der Waals surface area contributed by atoms with E-state index >= 15 is 0 Å². The lowest BCUT2D eigenvalue weighted by molar-refractivity contribution is 0.00950. The molecule has 3 aromatic rings. The largest absolute Gasteiger partial charge is 0.370 e. The number of amides is 1. The topological polar surface area (TPSA) is 60.3 Å². The zero-order chi connectivity index (χ0) is 18.4. The number of aromatic nitrogens is 3. The second-order valence-electron chi connectivity index (χ2n) is 6.90. The van der Waals surface area contributed by atoms with Crippen LogP contribution >= 0.6 is 11.6 Å². The van der Waals surface area contributed by atoms with E-state index in [-0.39, 0.29) is 12.0 Å². The number of carbonyl (C=O) groups is 1. The molecule has 1 fully saturated rings. The molecule has 1 amide bonds. The molecule has 6 nitrogen and oxygen atoms in total. The van der Waals surface area contributed by atoms with Gasteiger partial charge in [0.1, 0.15) is 17.4 Å². The normalized spacial score (nSPS) is 17.8. The molecule has 0 bridgehead atoms. The summed E-state index contributed by atoms with van der Waals surface area (Å²) in [6, 6.07) is 5.64. The van der Waals surface area contributed by atoms with Crippen molar-refractivity contribution >= 4 is 39.4 Å². The first kappa shape index (κ1) is 17.2. The third-order valence-corrected chi connectivity index (χ3v) is 5.13. The number of hydrogen-bond donors (Lipinski definition) is 0. The standard InChI is InChI=1S/C19H21ClN4O2/c1-23(2)19(25)16-15-12-8-7-11(20)10-13(12)24(3)18(15)22-17(21-16)14-6-4-5-9-26-14/h7-8,10,14H,4-6,9H2,1-3H3. The highest BCUT2D eigenvalue weighted by molar-refractivity contribution is 6.31. The van der Waals surface area contributed by atoms with E-state index in [1.165, 1.54) is 0 Å². The van der Waals surface area contributed by atoms with Crippen LogP contribution in [0.1, 0.15) is 41.7 Å². The van der Waals surface area contributed by atoms with Crippen LogP contribution in [0.4, 0.5) is 0 Å². The Bertz CT molecular complexity index is 1010. The summed E-state index contributed by atoms with van der Waals surface area (Å²) in [7, 11) is 5.40. The lowest BCUT2D eigenvalue weighted by Crippen LogP contribution is -2.25. The number of benzene rings is 1. The summed E-state index contributed by atoms with van der Waals surface area (Å²) in [5.41, 5.74) is 2.07. The SMILES string of the molecule is CN(C)C(=O)c1nc(C2CCCCO2)nc2c1c1ccc(Cl)cc1n2C. The predicted molar refractivity (Wildman–Crippen MR) is 102 cm³/mol. The molecule has 0 N–H and O–H groups in total. The van der Waals surface area contributed by atoms with Crippen molar-refractivity contribution in [3.05, 3.63) is 34.7 Å². The van der Waals surface area contributed by atoms with Gasteiger partial charge in [-0.05, 0) is 31.4 Å². The molecular weight excluding hydrogens is 352 g/mol. The molecule has 0 radical (unpaired) electrons. The first-order valence-corrected chi connectivity index (χ1v) is 9.14. The fourth-order valence-corrected chi connectivity index (χ4v) is 3.69. The third-order valence-electron chi connectivity index (χ3n) is 4.89. The number of halogens is 1. The van der Waals surface area contributed by atoms with Crippen LogP contribution in [-0.4, -0.2) is 46.0 Å². The Morgan fingerprint density at radius 3 is 2.81 bits per heavy atom. The molecule has 1 saturated heterocycles. The number of nitrogens with zero attached hydrogens (tertiary/aromatic N) is 4. The second kappa shape index (κ2) is 6.52. The van der Waals surface area contributed by atoms with Gasteiger partial charge >= 0.3 is 0 Å². The van der Waals surface area contributed by atoms with E-state index in [1.807, 2.05) is 29.8 Å². The summed E-state index contributed by atoms with van der Waals surface area (Å²) in [5.74, 6) is 0.441. The maximum atomic E-state index is 12.9. The molecule has 1 aromatic carbocycles. The molecule has 1 aliphatic heterocycles. The second-order valence-corrected chi connectivity index (χ2v) is 7.34. The number of fused-ring (bicyclic) bond motifs is 3. The quantitative estimate of drug-likeness (QED) is 0.687. The lowest BCUT2D eigenvalue weighted by atomic mass is 10.1.